The molecule has 0 spiro atoms. The van der Waals surface area contributed by atoms with E-state index in [1.807, 2.05) is 6.20 Å². The highest BCUT2D eigenvalue weighted by Gasteiger charge is 2.28. The van der Waals surface area contributed by atoms with Crippen LogP contribution in [0.15, 0.2) is 18.5 Å². The van der Waals surface area contributed by atoms with Gasteiger partial charge in [-0.1, -0.05) is 6.92 Å². The van der Waals surface area contributed by atoms with Crippen molar-refractivity contribution in [3.8, 4) is 0 Å². The highest BCUT2D eigenvalue weighted by molar-refractivity contribution is 5.08. The molecule has 84 valence electrons. The Morgan fingerprint density at radius 3 is 2.80 bits per heavy atom. The Morgan fingerprint density at radius 1 is 1.47 bits per heavy atom. The molecule has 15 heavy (non-hydrogen) atoms. The van der Waals surface area contributed by atoms with Gasteiger partial charge in [-0.25, -0.2) is 0 Å². The fourth-order valence-corrected chi connectivity index (χ4v) is 2.36. The molecule has 0 amide bonds. The summed E-state index contributed by atoms with van der Waals surface area (Å²) in [7, 11) is 0. The van der Waals surface area contributed by atoms with Gasteiger partial charge >= 0.3 is 0 Å². The van der Waals surface area contributed by atoms with Crippen LogP contribution >= 0.6 is 0 Å². The lowest BCUT2D eigenvalue weighted by Gasteiger charge is -2.37. The fraction of sp³-hybridized carbons (Fsp3) is 0.692. The maximum Gasteiger partial charge on any atom is 0.0225 e. The van der Waals surface area contributed by atoms with Crippen LogP contribution in [-0.4, -0.2) is 10.5 Å². The molecule has 2 nitrogen and oxygen atoms in total. The van der Waals surface area contributed by atoms with E-state index in [0.29, 0.717) is 5.54 Å². The molecule has 1 aliphatic carbocycles. The first-order valence-corrected chi connectivity index (χ1v) is 6.05. The van der Waals surface area contributed by atoms with E-state index in [4.69, 9.17) is 0 Å². The maximum absolute atomic E-state index is 3.70. The summed E-state index contributed by atoms with van der Waals surface area (Å²) >= 11 is 0. The summed E-state index contributed by atoms with van der Waals surface area (Å²) in [4.78, 5) is 3.10. The summed E-state index contributed by atoms with van der Waals surface area (Å²) in [6, 6.07) is 2.14. The Bertz CT molecular complexity index is 281. The monoisotopic (exact) mass is 206 g/mol. The van der Waals surface area contributed by atoms with Crippen molar-refractivity contribution in [1.29, 1.82) is 0 Å². The van der Waals surface area contributed by atoms with Crippen LogP contribution in [-0.2, 0) is 6.54 Å². The number of rotatable bonds is 3. The second-order valence-electron chi connectivity index (χ2n) is 5.32. The van der Waals surface area contributed by atoms with Gasteiger partial charge < -0.3 is 10.3 Å². The minimum Gasteiger partial charge on any atom is -0.367 e. The van der Waals surface area contributed by atoms with Crippen LogP contribution in [0.3, 0.4) is 0 Å². The first kappa shape index (κ1) is 10.7. The SMILES string of the molecule is CC1CCC(C)(NCc2cc[nH]c2)CC1. The summed E-state index contributed by atoms with van der Waals surface area (Å²) in [6.45, 7) is 5.73. The smallest absolute Gasteiger partial charge is 0.0225 e. The maximum atomic E-state index is 3.70. The molecule has 1 fully saturated rings. The first-order valence-electron chi connectivity index (χ1n) is 6.05. The van der Waals surface area contributed by atoms with Gasteiger partial charge in [-0.15, -0.1) is 0 Å². The predicted molar refractivity (Wildman–Crippen MR) is 63.7 cm³/mol. The van der Waals surface area contributed by atoms with E-state index >= 15 is 0 Å². The largest absolute Gasteiger partial charge is 0.367 e. The standard InChI is InChI=1S/C13H22N2/c1-11-3-6-13(2,7-4-11)15-10-12-5-8-14-9-12/h5,8-9,11,14-15H,3-4,6-7,10H2,1-2H3. The van der Waals surface area contributed by atoms with Gasteiger partial charge in [-0.3, -0.25) is 0 Å². The lowest BCUT2D eigenvalue weighted by Crippen LogP contribution is -2.44. The molecular formula is C13H22N2. The Morgan fingerprint density at radius 2 is 2.20 bits per heavy atom. The van der Waals surface area contributed by atoms with Gasteiger partial charge in [0, 0.05) is 24.5 Å². The van der Waals surface area contributed by atoms with E-state index in [1.165, 1.54) is 31.2 Å². The molecule has 0 radical (unpaired) electrons. The van der Waals surface area contributed by atoms with Crippen LogP contribution in [0.2, 0.25) is 0 Å². The van der Waals surface area contributed by atoms with Crippen molar-refractivity contribution in [3.05, 3.63) is 24.0 Å². The Labute approximate surface area is 92.5 Å². The van der Waals surface area contributed by atoms with Crippen LogP contribution in [0.5, 0.6) is 0 Å². The van der Waals surface area contributed by atoms with E-state index in [-0.39, 0.29) is 0 Å². The molecule has 0 saturated heterocycles. The van der Waals surface area contributed by atoms with Crippen molar-refractivity contribution in [2.75, 3.05) is 0 Å². The van der Waals surface area contributed by atoms with Gasteiger partial charge in [-0.05, 0) is 50.2 Å². The average Bonchev–Trinajstić information content (AvgIpc) is 2.73. The molecule has 1 aliphatic rings. The molecule has 2 N–H and O–H groups in total. The number of aromatic nitrogens is 1. The van der Waals surface area contributed by atoms with Gasteiger partial charge in [0.05, 0.1) is 0 Å². The zero-order valence-corrected chi connectivity index (χ0v) is 9.84. The third-order valence-corrected chi connectivity index (χ3v) is 3.76. The molecule has 1 aromatic rings. The van der Waals surface area contributed by atoms with Crippen LogP contribution in [0, 0.1) is 5.92 Å². The number of hydrogen-bond acceptors (Lipinski definition) is 1. The van der Waals surface area contributed by atoms with Crippen LogP contribution < -0.4 is 5.32 Å². The molecule has 1 aromatic heterocycles. The summed E-state index contributed by atoms with van der Waals surface area (Å²) < 4.78 is 0. The summed E-state index contributed by atoms with van der Waals surface area (Å²) in [5, 5.41) is 3.70. The lowest BCUT2D eigenvalue weighted by molar-refractivity contribution is 0.212. The highest BCUT2D eigenvalue weighted by Crippen LogP contribution is 2.31. The zero-order valence-electron chi connectivity index (χ0n) is 9.84. The second kappa shape index (κ2) is 4.40. The third kappa shape index (κ3) is 2.85. The van der Waals surface area contributed by atoms with E-state index in [0.717, 1.165) is 12.5 Å². The van der Waals surface area contributed by atoms with E-state index < -0.39 is 0 Å². The zero-order chi connectivity index (χ0) is 10.7. The van der Waals surface area contributed by atoms with E-state index in [9.17, 15) is 0 Å². The molecular weight excluding hydrogens is 184 g/mol. The van der Waals surface area contributed by atoms with E-state index in [2.05, 4.69) is 36.4 Å². The summed E-state index contributed by atoms with van der Waals surface area (Å²) in [5.41, 5.74) is 1.72. The summed E-state index contributed by atoms with van der Waals surface area (Å²) in [6.07, 6.45) is 9.44. The van der Waals surface area contributed by atoms with Gasteiger partial charge in [0.25, 0.3) is 0 Å². The van der Waals surface area contributed by atoms with Gasteiger partial charge in [-0.2, -0.15) is 0 Å². The van der Waals surface area contributed by atoms with Crippen LogP contribution in [0.1, 0.15) is 45.1 Å². The van der Waals surface area contributed by atoms with Crippen LogP contribution in [0.25, 0.3) is 0 Å². The molecule has 1 saturated carbocycles. The summed E-state index contributed by atoms with van der Waals surface area (Å²) in [5.74, 6) is 0.923. The second-order valence-corrected chi connectivity index (χ2v) is 5.32. The molecule has 0 bridgehead atoms. The molecule has 0 unspecified atom stereocenters. The highest BCUT2D eigenvalue weighted by atomic mass is 15.0. The van der Waals surface area contributed by atoms with E-state index in [1.54, 1.807) is 0 Å². The quantitative estimate of drug-likeness (QED) is 0.781. The molecule has 0 aromatic carbocycles. The minimum atomic E-state index is 0.365. The van der Waals surface area contributed by atoms with Crippen LogP contribution in [0.4, 0.5) is 0 Å². The average molecular weight is 206 g/mol. The fourth-order valence-electron chi connectivity index (χ4n) is 2.36. The van der Waals surface area contributed by atoms with Crippen molar-refractivity contribution in [2.45, 2.75) is 51.6 Å². The van der Waals surface area contributed by atoms with Crippen molar-refractivity contribution in [2.24, 2.45) is 5.92 Å². The Balaban J connectivity index is 1.83. The predicted octanol–water partition coefficient (Wildman–Crippen LogP) is 3.07. The van der Waals surface area contributed by atoms with Crippen molar-refractivity contribution in [1.82, 2.24) is 10.3 Å². The van der Waals surface area contributed by atoms with Crippen molar-refractivity contribution in [3.63, 3.8) is 0 Å². The normalized spacial score (nSPS) is 31.7. The van der Waals surface area contributed by atoms with Gasteiger partial charge in [0.15, 0.2) is 0 Å². The minimum absolute atomic E-state index is 0.365. The van der Waals surface area contributed by atoms with Gasteiger partial charge in [0.2, 0.25) is 0 Å². The van der Waals surface area contributed by atoms with Crippen molar-refractivity contribution >= 4 is 0 Å². The molecule has 0 aliphatic heterocycles. The van der Waals surface area contributed by atoms with Gasteiger partial charge in [0.1, 0.15) is 0 Å². The molecule has 2 heteroatoms. The Hall–Kier alpha value is -0.760. The number of hydrogen-bond donors (Lipinski definition) is 2. The number of H-pyrrole nitrogens is 1. The third-order valence-electron chi connectivity index (χ3n) is 3.76. The first-order chi connectivity index (χ1) is 7.18. The molecule has 2 rings (SSSR count). The number of nitrogens with one attached hydrogen (secondary N) is 2. The topological polar surface area (TPSA) is 27.8 Å². The molecule has 1 heterocycles. The molecule has 0 atom stereocenters. The lowest BCUT2D eigenvalue weighted by atomic mass is 9.78. The Kier molecular flexibility index (Phi) is 3.15. The number of aromatic amines is 1. The van der Waals surface area contributed by atoms with Crippen molar-refractivity contribution < 1.29 is 0 Å².